The first-order valence-electron chi connectivity index (χ1n) is 17.7. The monoisotopic (exact) mass is 646 g/mol. The lowest BCUT2D eigenvalue weighted by Gasteiger charge is -2.31. The molecular formula is C42H62O5. The van der Waals surface area contributed by atoms with Crippen molar-refractivity contribution >= 4 is 0 Å². The van der Waals surface area contributed by atoms with Gasteiger partial charge in [-0.25, -0.2) is 0 Å². The lowest BCUT2D eigenvalue weighted by Crippen LogP contribution is -2.22. The summed E-state index contributed by atoms with van der Waals surface area (Å²) in [5.41, 5.74) is 7.52. The lowest BCUT2D eigenvalue weighted by atomic mass is 9.73. The van der Waals surface area contributed by atoms with Crippen LogP contribution in [-0.2, 0) is 12.8 Å². The van der Waals surface area contributed by atoms with Gasteiger partial charge < -0.3 is 25.5 Å². The van der Waals surface area contributed by atoms with E-state index in [1.807, 2.05) is 32.1 Å². The van der Waals surface area contributed by atoms with E-state index in [2.05, 4.69) is 46.9 Å². The standard InChI is InChI=1S/C21H30O2.C11H16O2.C10H16O/c1-5-6-7-8-16-12-19(22)21(20(23)13-16)18-11-15(4)9-10-17(18)14(2)3;1-2-3-4-5-9-6-10(12)8-11(13)7-9;1-7(2)9-5-4-8(3)6-10(9)11/h11-13,17-18,22-23H,2,5-10H2,1,3-4H3;6-8,12-13H,2-5H2,1H3;6,9-11H,1,4-5H2,2-3H3/t17-,18+;;9-,10?/m0.0/s1. The smallest absolute Gasteiger partial charge is 0.123 e. The number of unbranched alkanes of at least 4 members (excludes halogenated alkanes) is 4. The fourth-order valence-electron chi connectivity index (χ4n) is 6.61. The molecule has 0 radical (unpaired) electrons. The van der Waals surface area contributed by atoms with Gasteiger partial charge in [-0.3, -0.25) is 0 Å². The van der Waals surface area contributed by atoms with Crippen molar-refractivity contribution < 1.29 is 25.5 Å². The number of aromatic hydroxyl groups is 4. The highest BCUT2D eigenvalue weighted by molar-refractivity contribution is 5.52. The largest absolute Gasteiger partial charge is 0.508 e. The van der Waals surface area contributed by atoms with Gasteiger partial charge in [0.2, 0.25) is 0 Å². The summed E-state index contributed by atoms with van der Waals surface area (Å²) in [5, 5.41) is 49.0. The average Bonchev–Trinajstić information content (AvgIpc) is 2.97. The number of allylic oxidation sites excluding steroid dienone is 4. The molecule has 5 heteroatoms. The van der Waals surface area contributed by atoms with Crippen LogP contribution in [0.5, 0.6) is 23.0 Å². The maximum Gasteiger partial charge on any atom is 0.123 e. The van der Waals surface area contributed by atoms with Crippen molar-refractivity contribution in [3.05, 3.63) is 94.6 Å². The molecule has 2 aromatic carbocycles. The summed E-state index contributed by atoms with van der Waals surface area (Å²) in [7, 11) is 0. The summed E-state index contributed by atoms with van der Waals surface area (Å²) in [6.07, 6.45) is 16.8. The molecule has 260 valence electrons. The van der Waals surface area contributed by atoms with Crippen molar-refractivity contribution in [2.24, 2.45) is 11.8 Å². The van der Waals surface area contributed by atoms with Crippen molar-refractivity contribution in [3.8, 4) is 23.0 Å². The fraction of sp³-hybridized carbons (Fsp3) is 0.524. The molecule has 0 aliphatic heterocycles. The minimum atomic E-state index is -0.291. The maximum absolute atomic E-state index is 10.5. The highest BCUT2D eigenvalue weighted by Gasteiger charge is 2.30. The average molecular weight is 647 g/mol. The van der Waals surface area contributed by atoms with E-state index in [1.54, 1.807) is 12.1 Å². The van der Waals surface area contributed by atoms with Gasteiger partial charge in [0.25, 0.3) is 0 Å². The topological polar surface area (TPSA) is 101 Å². The van der Waals surface area contributed by atoms with E-state index in [0.717, 1.165) is 73.6 Å². The molecule has 0 saturated heterocycles. The Labute approximate surface area is 285 Å². The summed E-state index contributed by atoms with van der Waals surface area (Å²) < 4.78 is 0. The van der Waals surface area contributed by atoms with Crippen LogP contribution in [0.2, 0.25) is 0 Å². The Hall–Kier alpha value is -3.44. The molecule has 0 aromatic heterocycles. The Morgan fingerprint density at radius 3 is 1.55 bits per heavy atom. The van der Waals surface area contributed by atoms with E-state index >= 15 is 0 Å². The molecule has 1 unspecified atom stereocenters. The van der Waals surface area contributed by atoms with Gasteiger partial charge in [0.1, 0.15) is 23.0 Å². The molecule has 4 atom stereocenters. The third-order valence-electron chi connectivity index (χ3n) is 9.36. The van der Waals surface area contributed by atoms with Crippen LogP contribution in [-0.4, -0.2) is 31.6 Å². The third kappa shape index (κ3) is 13.3. The van der Waals surface area contributed by atoms with E-state index < -0.39 is 0 Å². The van der Waals surface area contributed by atoms with Gasteiger partial charge in [-0.15, -0.1) is 0 Å². The second kappa shape index (κ2) is 20.0. The molecule has 2 aromatic rings. The second-order valence-electron chi connectivity index (χ2n) is 13.8. The zero-order valence-electron chi connectivity index (χ0n) is 30.0. The van der Waals surface area contributed by atoms with Crippen LogP contribution in [0, 0.1) is 11.8 Å². The van der Waals surface area contributed by atoms with Crippen LogP contribution >= 0.6 is 0 Å². The fourth-order valence-corrected chi connectivity index (χ4v) is 6.61. The number of phenolic OH excluding ortho intramolecular Hbond substituents is 4. The van der Waals surface area contributed by atoms with Crippen LogP contribution in [0.4, 0.5) is 0 Å². The zero-order valence-corrected chi connectivity index (χ0v) is 30.0. The van der Waals surface area contributed by atoms with Gasteiger partial charge in [0.15, 0.2) is 0 Å². The van der Waals surface area contributed by atoms with Gasteiger partial charge >= 0.3 is 0 Å². The van der Waals surface area contributed by atoms with E-state index in [0.29, 0.717) is 11.5 Å². The van der Waals surface area contributed by atoms with Gasteiger partial charge in [0.05, 0.1) is 6.10 Å². The predicted octanol–water partition coefficient (Wildman–Crippen LogP) is 11.0. The van der Waals surface area contributed by atoms with E-state index in [9.17, 15) is 25.5 Å². The van der Waals surface area contributed by atoms with Crippen molar-refractivity contribution in [1.29, 1.82) is 0 Å². The zero-order chi connectivity index (χ0) is 35.1. The van der Waals surface area contributed by atoms with E-state index in [-0.39, 0.29) is 40.9 Å². The number of hydrogen-bond donors (Lipinski definition) is 5. The number of hydrogen-bond acceptors (Lipinski definition) is 5. The van der Waals surface area contributed by atoms with Crippen LogP contribution in [0.3, 0.4) is 0 Å². The number of aliphatic hydroxyl groups excluding tert-OH is 1. The molecule has 0 amide bonds. The normalized spacial score (nSPS) is 20.5. The first-order chi connectivity index (χ1) is 22.3. The second-order valence-corrected chi connectivity index (χ2v) is 13.8. The van der Waals surface area contributed by atoms with Gasteiger partial charge in [-0.1, -0.05) is 87.1 Å². The quantitative estimate of drug-likeness (QED) is 0.123. The van der Waals surface area contributed by atoms with Crippen LogP contribution in [0.15, 0.2) is 77.9 Å². The lowest BCUT2D eigenvalue weighted by molar-refractivity contribution is 0.157. The molecule has 0 bridgehead atoms. The van der Waals surface area contributed by atoms with Gasteiger partial charge in [-0.05, 0) is 120 Å². The molecule has 0 fully saturated rings. The molecule has 5 N–H and O–H groups in total. The molecule has 0 saturated carbocycles. The van der Waals surface area contributed by atoms with Gasteiger partial charge in [0, 0.05) is 23.5 Å². The molecular weight excluding hydrogens is 584 g/mol. The first-order valence-corrected chi connectivity index (χ1v) is 17.7. The number of aryl methyl sites for hydroxylation is 2. The first kappa shape index (κ1) is 39.7. The van der Waals surface area contributed by atoms with Crippen molar-refractivity contribution in [2.45, 2.75) is 131 Å². The predicted molar refractivity (Wildman–Crippen MR) is 197 cm³/mol. The number of rotatable bonds is 11. The number of benzene rings is 2. The number of phenols is 4. The molecule has 47 heavy (non-hydrogen) atoms. The van der Waals surface area contributed by atoms with Gasteiger partial charge in [-0.2, -0.15) is 0 Å². The summed E-state index contributed by atoms with van der Waals surface area (Å²) in [6, 6.07) is 8.42. The summed E-state index contributed by atoms with van der Waals surface area (Å²) in [6.45, 7) is 20.5. The molecule has 0 heterocycles. The minimum Gasteiger partial charge on any atom is -0.508 e. The summed E-state index contributed by atoms with van der Waals surface area (Å²) in [4.78, 5) is 0. The molecule has 2 aliphatic carbocycles. The summed E-state index contributed by atoms with van der Waals surface area (Å²) in [5.74, 6) is 1.32. The molecule has 5 nitrogen and oxygen atoms in total. The SMILES string of the molecule is C=C(C)[C@@H]1CCC(C)=CC1O.C=C(C)[C@@H]1CCC(C)=C[C@H]1c1c(O)cc(CCCCC)cc1O.CCCCCc1cc(O)cc(O)c1. The Balaban J connectivity index is 0.000000270. The third-order valence-corrected chi connectivity index (χ3v) is 9.36. The Kier molecular flexibility index (Phi) is 16.9. The highest BCUT2D eigenvalue weighted by Crippen LogP contribution is 2.46. The van der Waals surface area contributed by atoms with E-state index in [1.165, 1.54) is 42.9 Å². The Morgan fingerprint density at radius 1 is 0.660 bits per heavy atom. The molecule has 0 spiro atoms. The van der Waals surface area contributed by atoms with Crippen LogP contribution < -0.4 is 0 Å². The molecule has 4 rings (SSSR count). The summed E-state index contributed by atoms with van der Waals surface area (Å²) >= 11 is 0. The molecule has 2 aliphatic rings. The highest BCUT2D eigenvalue weighted by atomic mass is 16.3. The van der Waals surface area contributed by atoms with Crippen LogP contribution in [0.25, 0.3) is 0 Å². The Morgan fingerprint density at radius 2 is 1.11 bits per heavy atom. The maximum atomic E-state index is 10.5. The van der Waals surface area contributed by atoms with Crippen molar-refractivity contribution in [3.63, 3.8) is 0 Å². The van der Waals surface area contributed by atoms with Crippen molar-refractivity contribution in [2.75, 3.05) is 0 Å². The minimum absolute atomic E-state index is 0.0194. The van der Waals surface area contributed by atoms with Crippen molar-refractivity contribution in [1.82, 2.24) is 0 Å². The van der Waals surface area contributed by atoms with Crippen LogP contribution in [0.1, 0.15) is 128 Å². The Bertz CT molecular complexity index is 1320. The number of aliphatic hydroxyl groups is 1. The van der Waals surface area contributed by atoms with E-state index in [4.69, 9.17) is 0 Å².